The van der Waals surface area contributed by atoms with Crippen molar-refractivity contribution in [3.8, 4) is 11.1 Å². The molecular formula is C56H78Cl3F3O10PS5+3. The highest BCUT2D eigenvalue weighted by atomic mass is 35.5. The van der Waals surface area contributed by atoms with Gasteiger partial charge in [0.25, 0.3) is 0 Å². The molecule has 0 aliphatic rings. The summed E-state index contributed by atoms with van der Waals surface area (Å²) in [5.74, 6) is 0. The van der Waals surface area contributed by atoms with Crippen molar-refractivity contribution in [1.82, 2.24) is 0 Å². The number of hydrogen-bond donors (Lipinski definition) is 0. The molecule has 0 aliphatic carbocycles. The fraction of sp³-hybridized carbons (Fsp3) is 0.304. The van der Waals surface area contributed by atoms with Gasteiger partial charge in [0.05, 0.1) is 33.9 Å². The summed E-state index contributed by atoms with van der Waals surface area (Å²) in [6.45, 7) is 12.3. The molecule has 9 N–H and O–H groups in total. The van der Waals surface area contributed by atoms with Gasteiger partial charge in [-0.15, -0.1) is 11.6 Å². The van der Waals surface area contributed by atoms with E-state index in [9.17, 15) is 13.2 Å². The lowest BCUT2D eigenvalue weighted by Gasteiger charge is -2.08. The van der Waals surface area contributed by atoms with Crippen molar-refractivity contribution < 1.29 is 62.1 Å². The van der Waals surface area contributed by atoms with E-state index in [0.717, 1.165) is 43.6 Å². The van der Waals surface area contributed by atoms with Gasteiger partial charge in [0.2, 0.25) is 0 Å². The summed E-state index contributed by atoms with van der Waals surface area (Å²) in [7, 11) is -9.77. The first-order valence-corrected chi connectivity index (χ1v) is 31.5. The lowest BCUT2D eigenvalue weighted by atomic mass is 10.1. The molecule has 0 fully saturated rings. The Balaban J connectivity index is -0.000000208. The van der Waals surface area contributed by atoms with E-state index in [2.05, 4.69) is 210 Å². The molecule has 0 saturated carbocycles. The molecule has 0 aliphatic heterocycles. The van der Waals surface area contributed by atoms with Gasteiger partial charge in [-0.05, 0) is 106 Å². The molecule has 78 heavy (non-hydrogen) atoms. The van der Waals surface area contributed by atoms with Crippen LogP contribution >= 0.6 is 54.5 Å². The number of alkyl halides is 5. The van der Waals surface area contributed by atoms with E-state index in [1.165, 1.54) is 35.6 Å². The highest BCUT2D eigenvalue weighted by molar-refractivity contribution is 7.99. The first kappa shape index (κ1) is 80.9. The molecule has 6 rings (SSSR count). The third kappa shape index (κ3) is 42.4. The van der Waals surface area contributed by atoms with Crippen molar-refractivity contribution in [2.75, 3.05) is 6.26 Å². The highest BCUT2D eigenvalue weighted by Crippen LogP contribution is 2.31. The Bertz CT molecular complexity index is 2510. The van der Waals surface area contributed by atoms with Crippen LogP contribution in [0.1, 0.15) is 81.5 Å². The Morgan fingerprint density at radius 2 is 1.01 bits per heavy atom. The van der Waals surface area contributed by atoms with Gasteiger partial charge in [-0.1, -0.05) is 203 Å². The monoisotopic (exact) mass is 1270 g/mol. The second kappa shape index (κ2) is 49.3. The van der Waals surface area contributed by atoms with Crippen LogP contribution in [0.25, 0.3) is 11.1 Å². The normalized spacial score (nSPS) is 11.7. The average Bonchev–Trinajstić information content (AvgIpc) is 3.40. The van der Waals surface area contributed by atoms with E-state index in [1.807, 2.05) is 32.1 Å². The standard InChI is InChI=1S/C18H15S.C18H14S.C6H13ClO.C6H12Cl.C6H11Cl.CHF3O3S.CH4O3S.3H2O.HPS/c1-4-10-16(11-5-1)19(17-12-6-2-7-13-17)18-14-8-3-9-15-18;1-3-7-15(8-4-1)16-11-13-18(14-12-16)19-17-9-5-2-6-10-17;1-3-5(7)6(8)4-2;2*1-3-5-6(7)4-2;2-1(3,4)8(5,6)7;1-5(2,3)4;;;;1-2/h1-15H;1-14H;5-6,8H,3-4H2,1-2H3;5-6H,3-4H2,1-2H3;5H,3-4H2,1-2H3;(H,5,6,7);1H3,(H,2,3,4);3*1H2;1H/q+1;;;+1;;;;;;;/p+1/b;;;;6-5-;;;;;;/i;;;;;;;;;;1T. The van der Waals surface area contributed by atoms with Gasteiger partial charge in [-0.3, -0.25) is 0 Å². The van der Waals surface area contributed by atoms with Crippen LogP contribution in [0.3, 0.4) is 0 Å². The maximum Gasteiger partial charge on any atom is 1.00 e. The Labute approximate surface area is 495 Å². The Kier molecular flexibility index (Phi) is 51.2. The van der Waals surface area contributed by atoms with Crippen LogP contribution in [0.2, 0.25) is 0 Å². The summed E-state index contributed by atoms with van der Waals surface area (Å²) in [5, 5.41) is 8.62. The topological polar surface area (TPSA) is 233 Å². The van der Waals surface area contributed by atoms with E-state index in [-0.39, 0.29) is 48.2 Å². The van der Waals surface area contributed by atoms with E-state index in [1.54, 1.807) is 11.8 Å². The Morgan fingerprint density at radius 1 is 0.692 bits per heavy atom. The molecule has 0 heterocycles. The fourth-order valence-electron chi connectivity index (χ4n) is 5.38. The number of rotatable bonds is 14. The number of hydrogen-bond acceptors (Lipinski definition) is 8. The molecule has 0 amide bonds. The minimum Gasteiger partial charge on any atom is -0.748 e. The summed E-state index contributed by atoms with van der Waals surface area (Å²) in [6, 6.07) is 61.8. The van der Waals surface area contributed by atoms with Crippen LogP contribution in [-0.2, 0) is 48.4 Å². The van der Waals surface area contributed by atoms with Crippen LogP contribution in [0.15, 0.2) is 212 Å². The van der Waals surface area contributed by atoms with E-state index < -0.39 is 25.7 Å². The van der Waals surface area contributed by atoms with Gasteiger partial charge in [-0.2, -0.15) is 13.2 Å². The summed E-state index contributed by atoms with van der Waals surface area (Å²) in [5.41, 5.74) is -3.12. The maximum absolute atomic E-state index is 10.7. The zero-order valence-corrected chi connectivity index (χ0v) is 51.9. The molecule has 0 saturated heterocycles. The third-order valence-electron chi connectivity index (χ3n) is 9.07. The highest BCUT2D eigenvalue weighted by Gasteiger charge is 2.37. The van der Waals surface area contributed by atoms with Gasteiger partial charge in [0, 0.05) is 33.9 Å². The zero-order valence-electron chi connectivity index (χ0n) is 46.7. The van der Waals surface area contributed by atoms with Gasteiger partial charge in [-0.25, -0.2) is 16.8 Å². The summed E-state index contributed by atoms with van der Waals surface area (Å²) >= 11 is 22.9. The quantitative estimate of drug-likeness (QED) is 0.0253. The van der Waals surface area contributed by atoms with Gasteiger partial charge < -0.3 is 30.6 Å². The molecule has 0 bridgehead atoms. The molecule has 0 radical (unpaired) electrons. The lowest BCUT2D eigenvalue weighted by molar-refractivity contribution is -0.0517. The molecule has 10 nitrogen and oxygen atoms in total. The molecule has 6 aromatic rings. The molecule has 6 aromatic carbocycles. The summed E-state index contributed by atoms with van der Waals surface area (Å²) in [6.07, 6.45) is 10.6. The second-order valence-electron chi connectivity index (χ2n) is 15.1. The van der Waals surface area contributed by atoms with Crippen LogP contribution < -0.4 is 0 Å². The van der Waals surface area contributed by atoms with Crippen molar-refractivity contribution in [2.45, 2.75) is 127 Å². The Morgan fingerprint density at radius 3 is 1.26 bits per heavy atom. The number of allylic oxidation sites excluding steroid dienone is 2. The van der Waals surface area contributed by atoms with Crippen LogP contribution in [0, 0.1) is 6.42 Å². The fourth-order valence-corrected chi connectivity index (χ4v) is 8.83. The van der Waals surface area contributed by atoms with Crippen molar-refractivity contribution in [2.24, 2.45) is 0 Å². The van der Waals surface area contributed by atoms with Gasteiger partial charge in [0.15, 0.2) is 36.3 Å². The predicted molar refractivity (Wildman–Crippen MR) is 331 cm³/mol. The first-order valence-electron chi connectivity index (χ1n) is 24.0. The average molecular weight is 1270 g/mol. The van der Waals surface area contributed by atoms with Gasteiger partial charge in [0.1, 0.15) is 6.66 Å². The van der Waals surface area contributed by atoms with Gasteiger partial charge >= 0.3 is 6.93 Å². The molecular weight excluding hydrogens is 1190 g/mol. The number of benzene rings is 6. The largest absolute Gasteiger partial charge is 1.00 e. The minimum absolute atomic E-state index is 0. The van der Waals surface area contributed by atoms with Crippen molar-refractivity contribution in [1.29, 1.82) is 1.28 Å². The third-order valence-corrected chi connectivity index (χ3v) is 14.4. The Hall–Kier alpha value is -3.53. The predicted octanol–water partition coefficient (Wildman–Crippen LogP) is 14.7. The van der Waals surface area contributed by atoms with Crippen molar-refractivity contribution in [3.63, 3.8) is 0 Å². The SMILES string of the molecule is CC/C=C(\Cl)CC.CCC([OH2+])C(Cl)CC.CC[CH+]C(Cl)CC.CS(=O)(=O)[O-].O.O.O=S(=O)([O-])C(F)(F)F.[3H]P=S.[H+].[OH3+].c1ccc(Sc2ccc(-c3ccccc3)cc2)cc1.c1ccc([S+](c2ccccc2)c2ccccc2)cc1. The maximum atomic E-state index is 10.7. The number of halogens is 6. The molecule has 22 heteroatoms. The minimum atomic E-state index is -6.09. The first-order chi connectivity index (χ1) is 35.9. The second-order valence-corrected chi connectivity index (χ2v) is 22.6. The van der Waals surface area contributed by atoms with Crippen LogP contribution in [0.4, 0.5) is 13.2 Å². The van der Waals surface area contributed by atoms with Crippen molar-refractivity contribution in [3.05, 3.63) is 193 Å². The van der Waals surface area contributed by atoms with Crippen molar-refractivity contribution >= 4 is 97.5 Å². The molecule has 0 aromatic heterocycles. The molecule has 0 spiro atoms. The van der Waals surface area contributed by atoms with E-state index in [4.69, 9.17) is 67.1 Å². The van der Waals surface area contributed by atoms with Crippen LogP contribution in [0.5, 0.6) is 0 Å². The molecule has 436 valence electrons. The lowest BCUT2D eigenvalue weighted by Crippen LogP contribution is -2.21. The summed E-state index contributed by atoms with van der Waals surface area (Å²) in [4.78, 5) is 6.63. The van der Waals surface area contributed by atoms with Crippen LogP contribution in [-0.4, -0.2) is 71.9 Å². The molecule has 3 unspecified atom stereocenters. The molecule has 3 atom stereocenters. The smallest absolute Gasteiger partial charge is 0.748 e. The van der Waals surface area contributed by atoms with E-state index in [0.29, 0.717) is 11.6 Å². The summed E-state index contributed by atoms with van der Waals surface area (Å²) < 4.78 is 92.1. The van der Waals surface area contributed by atoms with E-state index >= 15 is 0 Å². The zero-order chi connectivity index (χ0) is 58.0.